The van der Waals surface area contributed by atoms with Gasteiger partial charge in [-0.25, -0.2) is 9.18 Å². The van der Waals surface area contributed by atoms with Crippen LogP contribution in [0.5, 0.6) is 0 Å². The molecule has 0 bridgehead atoms. The van der Waals surface area contributed by atoms with Crippen LogP contribution in [0.1, 0.15) is 38.8 Å². The molecule has 3 nitrogen and oxygen atoms in total. The van der Waals surface area contributed by atoms with E-state index in [0.29, 0.717) is 5.39 Å². The zero-order chi connectivity index (χ0) is 17.2. The minimum absolute atomic E-state index is 0.00317. The van der Waals surface area contributed by atoms with E-state index in [4.69, 9.17) is 10.00 Å². The van der Waals surface area contributed by atoms with E-state index in [-0.39, 0.29) is 5.56 Å². The van der Waals surface area contributed by atoms with E-state index in [1.807, 2.05) is 39.0 Å². The van der Waals surface area contributed by atoms with Gasteiger partial charge >= 0.3 is 5.97 Å². The molecule has 0 atom stereocenters. The molecule has 0 saturated heterocycles. The zero-order valence-corrected chi connectivity index (χ0v) is 13.6. The molecule has 0 spiro atoms. The third kappa shape index (κ3) is 4.17. The van der Waals surface area contributed by atoms with Crippen LogP contribution in [0, 0.1) is 17.1 Å². The maximum absolute atomic E-state index is 13.6. The number of nitrogens with zero attached hydrogens (tertiary/aromatic N) is 1. The quantitative estimate of drug-likeness (QED) is 0.602. The molecular formula is C19H18FNO2. The molecule has 0 aliphatic rings. The summed E-state index contributed by atoms with van der Waals surface area (Å²) in [7, 11) is 0. The third-order valence-electron chi connectivity index (χ3n) is 3.24. The predicted octanol–water partition coefficient (Wildman–Crippen LogP) is 4.60. The second-order valence-electron chi connectivity index (χ2n) is 6.37. The van der Waals surface area contributed by atoms with Gasteiger partial charge in [0.25, 0.3) is 0 Å². The van der Waals surface area contributed by atoms with Crippen molar-refractivity contribution in [2.75, 3.05) is 0 Å². The van der Waals surface area contributed by atoms with Crippen LogP contribution in [0.25, 0.3) is 16.3 Å². The van der Waals surface area contributed by atoms with Gasteiger partial charge in [-0.3, -0.25) is 0 Å². The lowest BCUT2D eigenvalue weighted by Crippen LogP contribution is -2.22. The van der Waals surface area contributed by atoms with Crippen LogP contribution in [0.2, 0.25) is 0 Å². The minimum Gasteiger partial charge on any atom is -0.457 e. The number of ether oxygens (including phenoxy) is 1. The average Bonchev–Trinajstić information content (AvgIpc) is 2.43. The van der Waals surface area contributed by atoms with Gasteiger partial charge in [0.15, 0.2) is 0 Å². The van der Waals surface area contributed by atoms with Crippen molar-refractivity contribution < 1.29 is 13.9 Å². The van der Waals surface area contributed by atoms with E-state index < -0.39 is 17.4 Å². The lowest BCUT2D eigenvalue weighted by Gasteiger charge is -2.18. The highest BCUT2D eigenvalue weighted by Crippen LogP contribution is 2.24. The molecule has 4 heteroatoms. The summed E-state index contributed by atoms with van der Waals surface area (Å²) in [5.41, 5.74) is 1.02. The summed E-state index contributed by atoms with van der Waals surface area (Å²) >= 11 is 0. The number of fused-ring (bicyclic) bond motifs is 1. The van der Waals surface area contributed by atoms with Crippen molar-refractivity contribution in [2.45, 2.75) is 33.3 Å². The predicted molar refractivity (Wildman–Crippen MR) is 88.1 cm³/mol. The van der Waals surface area contributed by atoms with Crippen molar-refractivity contribution >= 4 is 22.3 Å². The molecule has 0 fully saturated rings. The second kappa shape index (κ2) is 6.21. The van der Waals surface area contributed by atoms with E-state index in [1.54, 1.807) is 13.0 Å². The highest BCUT2D eigenvalue weighted by Gasteiger charge is 2.15. The van der Waals surface area contributed by atoms with Crippen molar-refractivity contribution in [1.29, 1.82) is 5.26 Å². The Kier molecular flexibility index (Phi) is 4.51. The number of benzene rings is 2. The van der Waals surface area contributed by atoms with E-state index in [0.717, 1.165) is 16.5 Å². The Hall–Kier alpha value is -2.67. The Bertz CT molecular complexity index is 839. The second-order valence-corrected chi connectivity index (χ2v) is 6.37. The first kappa shape index (κ1) is 16.7. The average molecular weight is 311 g/mol. The number of nitriles is 1. The van der Waals surface area contributed by atoms with Crippen molar-refractivity contribution in [2.24, 2.45) is 0 Å². The number of esters is 1. The van der Waals surface area contributed by atoms with E-state index in [2.05, 4.69) is 0 Å². The lowest BCUT2D eigenvalue weighted by molar-refractivity contribution is -0.148. The fourth-order valence-corrected chi connectivity index (χ4v) is 2.19. The number of carbonyl (C=O) groups excluding carboxylic acids is 1. The van der Waals surface area contributed by atoms with Crippen LogP contribution >= 0.6 is 0 Å². The molecule has 0 heterocycles. The number of hydrogen-bond donors (Lipinski definition) is 0. The summed E-state index contributed by atoms with van der Waals surface area (Å²) < 4.78 is 18.9. The van der Waals surface area contributed by atoms with Gasteiger partial charge in [-0.2, -0.15) is 5.26 Å². The molecule has 0 aliphatic carbocycles. The SMILES string of the molecule is C/C(=C\C(=O)OC(C)(C)C)c1ccc2cc(F)c(C#N)cc2c1. The molecule has 0 radical (unpaired) electrons. The molecule has 2 aromatic carbocycles. The Balaban J connectivity index is 2.38. The number of allylic oxidation sites excluding steroid dienone is 1. The zero-order valence-electron chi connectivity index (χ0n) is 13.6. The van der Waals surface area contributed by atoms with Gasteiger partial charge in [0.2, 0.25) is 0 Å². The van der Waals surface area contributed by atoms with Gasteiger partial charge in [0.05, 0.1) is 5.56 Å². The first-order valence-corrected chi connectivity index (χ1v) is 7.25. The molecular weight excluding hydrogens is 293 g/mol. The molecule has 0 saturated carbocycles. The Morgan fingerprint density at radius 3 is 2.52 bits per heavy atom. The summed E-state index contributed by atoms with van der Waals surface area (Å²) in [5, 5.41) is 10.4. The maximum atomic E-state index is 13.6. The molecule has 0 N–H and O–H groups in total. The van der Waals surface area contributed by atoms with Crippen LogP contribution in [-0.4, -0.2) is 11.6 Å². The molecule has 0 aromatic heterocycles. The van der Waals surface area contributed by atoms with E-state index in [9.17, 15) is 9.18 Å². The van der Waals surface area contributed by atoms with Gasteiger partial charge in [0.1, 0.15) is 17.5 Å². The first-order valence-electron chi connectivity index (χ1n) is 7.25. The van der Waals surface area contributed by atoms with Crippen LogP contribution < -0.4 is 0 Å². The monoisotopic (exact) mass is 311 g/mol. The Morgan fingerprint density at radius 2 is 1.91 bits per heavy atom. The molecule has 118 valence electrons. The fourth-order valence-electron chi connectivity index (χ4n) is 2.19. The summed E-state index contributed by atoms with van der Waals surface area (Å²) in [4.78, 5) is 11.9. The van der Waals surface area contributed by atoms with Crippen LogP contribution in [0.4, 0.5) is 4.39 Å². The van der Waals surface area contributed by atoms with E-state index in [1.165, 1.54) is 18.2 Å². The largest absolute Gasteiger partial charge is 0.457 e. The number of halogens is 1. The third-order valence-corrected chi connectivity index (χ3v) is 3.24. The van der Waals surface area contributed by atoms with Crippen LogP contribution in [-0.2, 0) is 9.53 Å². The fraction of sp³-hybridized carbons (Fsp3) is 0.263. The van der Waals surface area contributed by atoms with E-state index >= 15 is 0 Å². The van der Waals surface area contributed by atoms with Crippen molar-refractivity contribution in [3.05, 3.63) is 53.4 Å². The minimum atomic E-state index is -0.545. The highest BCUT2D eigenvalue weighted by molar-refractivity contribution is 5.93. The van der Waals surface area contributed by atoms with Crippen molar-refractivity contribution in [1.82, 2.24) is 0 Å². The highest BCUT2D eigenvalue weighted by atomic mass is 19.1. The molecule has 0 unspecified atom stereocenters. The molecule has 2 rings (SSSR count). The molecule has 2 aromatic rings. The standard InChI is InChI=1S/C19H18FNO2/c1-12(7-18(22)23-19(2,3)4)13-5-6-14-10-17(20)16(11-21)9-15(14)8-13/h5-10H,1-4H3/b12-7+. The number of rotatable bonds is 2. The van der Waals surface area contributed by atoms with Crippen LogP contribution in [0.15, 0.2) is 36.4 Å². The van der Waals surface area contributed by atoms with Gasteiger partial charge in [0, 0.05) is 6.08 Å². The first-order chi connectivity index (χ1) is 10.7. The smallest absolute Gasteiger partial charge is 0.331 e. The number of carbonyl (C=O) groups is 1. The summed E-state index contributed by atoms with van der Waals surface area (Å²) in [6, 6.07) is 10.1. The summed E-state index contributed by atoms with van der Waals surface area (Å²) in [5.74, 6) is -0.944. The normalized spacial score (nSPS) is 12.1. The summed E-state index contributed by atoms with van der Waals surface area (Å²) in [6.07, 6.45) is 1.43. The molecule has 0 aliphatic heterocycles. The topological polar surface area (TPSA) is 50.1 Å². The van der Waals surface area contributed by atoms with Crippen LogP contribution in [0.3, 0.4) is 0 Å². The summed E-state index contributed by atoms with van der Waals surface area (Å²) in [6.45, 7) is 7.23. The van der Waals surface area contributed by atoms with Gasteiger partial charge in [-0.15, -0.1) is 0 Å². The molecule has 0 amide bonds. The van der Waals surface area contributed by atoms with Gasteiger partial charge < -0.3 is 4.74 Å². The van der Waals surface area contributed by atoms with Gasteiger partial charge in [-0.05, 0) is 67.8 Å². The Labute approximate surface area is 135 Å². The van der Waals surface area contributed by atoms with Crippen molar-refractivity contribution in [3.63, 3.8) is 0 Å². The molecule has 23 heavy (non-hydrogen) atoms. The maximum Gasteiger partial charge on any atom is 0.331 e. The lowest BCUT2D eigenvalue weighted by atomic mass is 10.0. The number of hydrogen-bond acceptors (Lipinski definition) is 3. The van der Waals surface area contributed by atoms with Crippen molar-refractivity contribution in [3.8, 4) is 6.07 Å². The Morgan fingerprint density at radius 1 is 1.22 bits per heavy atom. The van der Waals surface area contributed by atoms with Gasteiger partial charge in [-0.1, -0.05) is 12.1 Å².